The molecule has 0 atom stereocenters. The Kier molecular flexibility index (Phi) is 5.36. The molecule has 0 aromatic carbocycles. The lowest BCUT2D eigenvalue weighted by atomic mass is 9.86. The molecular weight excluding hydrogens is 270 g/mol. The average Bonchev–Trinajstić information content (AvgIpc) is 2.46. The van der Waals surface area contributed by atoms with Crippen molar-refractivity contribution < 1.29 is 14.6 Å². The largest absolute Gasteiger partial charge is 0.481 e. The molecule has 6 heteroatoms. The second-order valence-electron chi connectivity index (χ2n) is 5.98. The molecule has 0 saturated heterocycles. The lowest BCUT2D eigenvalue weighted by molar-refractivity contribution is -0.142. The van der Waals surface area contributed by atoms with Gasteiger partial charge in [-0.3, -0.25) is 9.78 Å². The van der Waals surface area contributed by atoms with Crippen molar-refractivity contribution in [2.45, 2.75) is 45.6 Å². The van der Waals surface area contributed by atoms with Crippen molar-refractivity contribution in [3.05, 3.63) is 12.4 Å². The van der Waals surface area contributed by atoms with Crippen molar-refractivity contribution in [2.75, 3.05) is 11.9 Å². The summed E-state index contributed by atoms with van der Waals surface area (Å²) in [7, 11) is 0. The van der Waals surface area contributed by atoms with Crippen LogP contribution in [0.1, 0.15) is 39.5 Å². The normalized spacial score (nSPS) is 22.0. The van der Waals surface area contributed by atoms with Gasteiger partial charge in [-0.25, -0.2) is 0 Å². The summed E-state index contributed by atoms with van der Waals surface area (Å²) in [6, 6.07) is 0.259. The number of hydrogen-bond acceptors (Lipinski definition) is 5. The van der Waals surface area contributed by atoms with E-state index in [1.165, 1.54) is 0 Å². The monoisotopic (exact) mass is 293 g/mol. The van der Waals surface area contributed by atoms with Crippen LogP contribution >= 0.6 is 0 Å². The molecule has 21 heavy (non-hydrogen) atoms. The van der Waals surface area contributed by atoms with Crippen LogP contribution in [0.2, 0.25) is 0 Å². The van der Waals surface area contributed by atoms with E-state index >= 15 is 0 Å². The number of aromatic nitrogens is 2. The fourth-order valence-corrected chi connectivity index (χ4v) is 2.43. The number of carbonyl (C=O) groups is 1. The van der Waals surface area contributed by atoms with Crippen molar-refractivity contribution in [3.8, 4) is 5.88 Å². The highest BCUT2D eigenvalue weighted by molar-refractivity contribution is 5.70. The molecule has 1 fully saturated rings. The van der Waals surface area contributed by atoms with E-state index < -0.39 is 5.97 Å². The van der Waals surface area contributed by atoms with E-state index in [1.807, 2.05) is 0 Å². The molecule has 116 valence electrons. The molecule has 0 bridgehead atoms. The summed E-state index contributed by atoms with van der Waals surface area (Å²) in [6.07, 6.45) is 6.39. The number of carboxylic acid groups (broad SMARTS) is 1. The maximum atomic E-state index is 10.9. The first kappa shape index (κ1) is 15.5. The zero-order valence-corrected chi connectivity index (χ0v) is 12.6. The highest BCUT2D eigenvalue weighted by Crippen LogP contribution is 2.26. The number of nitrogens with zero attached hydrogens (tertiary/aromatic N) is 2. The van der Waals surface area contributed by atoms with Crippen LogP contribution in [0.5, 0.6) is 5.88 Å². The number of anilines is 1. The molecule has 0 unspecified atom stereocenters. The summed E-state index contributed by atoms with van der Waals surface area (Å²) in [5.41, 5.74) is 0. The Morgan fingerprint density at radius 3 is 2.71 bits per heavy atom. The van der Waals surface area contributed by atoms with Gasteiger partial charge in [0.25, 0.3) is 0 Å². The molecule has 2 N–H and O–H groups in total. The van der Waals surface area contributed by atoms with Gasteiger partial charge in [0.1, 0.15) is 5.82 Å². The van der Waals surface area contributed by atoms with E-state index in [0.29, 0.717) is 37.1 Å². The molecule has 0 amide bonds. The van der Waals surface area contributed by atoms with Gasteiger partial charge >= 0.3 is 5.97 Å². The SMILES string of the molecule is CC(C)COc1cncc(NC2CCC(C(=O)O)CC2)n1. The minimum atomic E-state index is -0.683. The lowest BCUT2D eigenvalue weighted by Crippen LogP contribution is -2.29. The third-order valence-corrected chi connectivity index (χ3v) is 3.61. The van der Waals surface area contributed by atoms with Crippen LogP contribution in [0.25, 0.3) is 0 Å². The van der Waals surface area contributed by atoms with Crippen molar-refractivity contribution in [3.63, 3.8) is 0 Å². The predicted octanol–water partition coefficient (Wildman–Crippen LogP) is 2.57. The fourth-order valence-electron chi connectivity index (χ4n) is 2.43. The fraction of sp³-hybridized carbons (Fsp3) is 0.667. The Bertz CT molecular complexity index is 471. The Balaban J connectivity index is 1.86. The Morgan fingerprint density at radius 1 is 1.38 bits per heavy atom. The van der Waals surface area contributed by atoms with E-state index in [2.05, 4.69) is 29.1 Å². The molecule has 6 nitrogen and oxygen atoms in total. The van der Waals surface area contributed by atoms with Gasteiger partial charge in [0.15, 0.2) is 0 Å². The van der Waals surface area contributed by atoms with Crippen molar-refractivity contribution >= 4 is 11.8 Å². The summed E-state index contributed by atoms with van der Waals surface area (Å²) >= 11 is 0. The van der Waals surface area contributed by atoms with E-state index in [-0.39, 0.29) is 12.0 Å². The number of carboxylic acids is 1. The van der Waals surface area contributed by atoms with E-state index in [0.717, 1.165) is 12.8 Å². The van der Waals surface area contributed by atoms with Crippen molar-refractivity contribution in [1.82, 2.24) is 9.97 Å². The number of ether oxygens (including phenoxy) is 1. The standard InChI is InChI=1S/C15H23N3O3/c1-10(2)9-21-14-8-16-7-13(18-14)17-12-5-3-11(4-6-12)15(19)20/h7-8,10-12H,3-6,9H2,1-2H3,(H,17,18)(H,19,20). The zero-order valence-electron chi connectivity index (χ0n) is 12.6. The molecule has 2 rings (SSSR count). The van der Waals surface area contributed by atoms with Crippen LogP contribution in [0.3, 0.4) is 0 Å². The summed E-state index contributed by atoms with van der Waals surface area (Å²) in [4.78, 5) is 19.4. The summed E-state index contributed by atoms with van der Waals surface area (Å²) in [5, 5.41) is 12.3. The smallest absolute Gasteiger partial charge is 0.306 e. The highest BCUT2D eigenvalue weighted by Gasteiger charge is 2.25. The maximum Gasteiger partial charge on any atom is 0.306 e. The van der Waals surface area contributed by atoms with Crippen LogP contribution < -0.4 is 10.1 Å². The van der Waals surface area contributed by atoms with Crippen LogP contribution in [0, 0.1) is 11.8 Å². The predicted molar refractivity (Wildman–Crippen MR) is 79.4 cm³/mol. The van der Waals surface area contributed by atoms with Gasteiger partial charge in [-0.05, 0) is 31.6 Å². The van der Waals surface area contributed by atoms with E-state index in [1.54, 1.807) is 12.4 Å². The Labute approximate surface area is 124 Å². The summed E-state index contributed by atoms with van der Waals surface area (Å²) in [6.45, 7) is 4.77. The number of hydrogen-bond donors (Lipinski definition) is 2. The molecule has 1 aromatic heterocycles. The van der Waals surface area contributed by atoms with Gasteiger partial charge in [-0.1, -0.05) is 13.8 Å². The van der Waals surface area contributed by atoms with E-state index in [9.17, 15) is 4.79 Å². The number of aliphatic carboxylic acids is 1. The van der Waals surface area contributed by atoms with Gasteiger partial charge < -0.3 is 15.2 Å². The third kappa shape index (κ3) is 4.88. The minimum absolute atomic E-state index is 0.199. The average molecular weight is 293 g/mol. The van der Waals surface area contributed by atoms with Gasteiger partial charge in [0.2, 0.25) is 5.88 Å². The van der Waals surface area contributed by atoms with E-state index in [4.69, 9.17) is 9.84 Å². The summed E-state index contributed by atoms with van der Waals surface area (Å²) < 4.78 is 5.55. The molecule has 0 aliphatic heterocycles. The van der Waals surface area contributed by atoms with Crippen molar-refractivity contribution in [1.29, 1.82) is 0 Å². The van der Waals surface area contributed by atoms with Gasteiger partial charge in [0, 0.05) is 6.04 Å². The molecule has 1 saturated carbocycles. The molecule has 1 aliphatic carbocycles. The topological polar surface area (TPSA) is 84.3 Å². The first-order chi connectivity index (χ1) is 10.0. The third-order valence-electron chi connectivity index (χ3n) is 3.61. The van der Waals surface area contributed by atoms with Crippen LogP contribution in [0.4, 0.5) is 5.82 Å². The second-order valence-corrected chi connectivity index (χ2v) is 5.98. The molecule has 1 aliphatic rings. The summed E-state index contributed by atoms with van der Waals surface area (Å²) in [5.74, 6) is 0.768. The molecule has 1 aromatic rings. The highest BCUT2D eigenvalue weighted by atomic mass is 16.5. The zero-order chi connectivity index (χ0) is 15.2. The van der Waals surface area contributed by atoms with Gasteiger partial charge in [-0.2, -0.15) is 4.98 Å². The number of rotatable bonds is 6. The maximum absolute atomic E-state index is 10.9. The Morgan fingerprint density at radius 2 is 2.10 bits per heavy atom. The first-order valence-corrected chi connectivity index (χ1v) is 7.48. The van der Waals surface area contributed by atoms with Crippen LogP contribution in [0.15, 0.2) is 12.4 Å². The van der Waals surface area contributed by atoms with Crippen LogP contribution in [-0.2, 0) is 4.79 Å². The Hall–Kier alpha value is -1.85. The van der Waals surface area contributed by atoms with Crippen LogP contribution in [-0.4, -0.2) is 33.7 Å². The molecule has 0 spiro atoms. The quantitative estimate of drug-likeness (QED) is 0.838. The van der Waals surface area contributed by atoms with Gasteiger partial charge in [0.05, 0.1) is 24.9 Å². The molecule has 1 heterocycles. The lowest BCUT2D eigenvalue weighted by Gasteiger charge is -2.27. The number of nitrogens with one attached hydrogen (secondary N) is 1. The first-order valence-electron chi connectivity index (χ1n) is 7.48. The molecular formula is C15H23N3O3. The van der Waals surface area contributed by atoms with Crippen molar-refractivity contribution in [2.24, 2.45) is 11.8 Å². The second kappa shape index (κ2) is 7.24. The molecule has 0 radical (unpaired) electrons. The minimum Gasteiger partial charge on any atom is -0.481 e. The van der Waals surface area contributed by atoms with Gasteiger partial charge in [-0.15, -0.1) is 0 Å².